The topological polar surface area (TPSA) is 45.7 Å². The van der Waals surface area contributed by atoms with E-state index in [4.69, 9.17) is 9.73 Å². The lowest BCUT2D eigenvalue weighted by molar-refractivity contribution is -0.0250. The quantitative estimate of drug-likeness (QED) is 0.457. The van der Waals surface area contributed by atoms with Crippen LogP contribution < -0.4 is 10.6 Å². The van der Waals surface area contributed by atoms with Crippen LogP contribution in [0.15, 0.2) is 35.3 Å². The van der Waals surface area contributed by atoms with Crippen molar-refractivity contribution in [3.8, 4) is 0 Å². The molecular weight excluding hydrogens is 306 g/mol. The summed E-state index contributed by atoms with van der Waals surface area (Å²) in [6.07, 6.45) is 4.59. The molecule has 1 aromatic carbocycles. The Morgan fingerprint density at radius 2 is 2.13 bits per heavy atom. The third-order valence-corrected chi connectivity index (χ3v) is 4.61. The Morgan fingerprint density at radius 3 is 2.87 bits per heavy atom. The van der Waals surface area contributed by atoms with Crippen molar-refractivity contribution in [1.29, 1.82) is 0 Å². The maximum Gasteiger partial charge on any atom is 0.191 e. The second-order valence-corrected chi connectivity index (χ2v) is 6.73. The highest BCUT2D eigenvalue weighted by atomic mass is 32.2. The van der Waals surface area contributed by atoms with E-state index < -0.39 is 0 Å². The van der Waals surface area contributed by atoms with Gasteiger partial charge in [-0.05, 0) is 31.6 Å². The van der Waals surface area contributed by atoms with E-state index in [9.17, 15) is 0 Å². The number of hydrogen-bond donors (Lipinski definition) is 2. The minimum absolute atomic E-state index is 0.169. The van der Waals surface area contributed by atoms with Crippen molar-refractivity contribution < 1.29 is 4.74 Å². The molecule has 2 unspecified atom stereocenters. The van der Waals surface area contributed by atoms with Gasteiger partial charge in [-0.25, -0.2) is 0 Å². The molecule has 0 amide bonds. The highest BCUT2D eigenvalue weighted by molar-refractivity contribution is 7.98. The first-order valence-corrected chi connectivity index (χ1v) is 9.92. The lowest BCUT2D eigenvalue weighted by atomic mass is 9.89. The van der Waals surface area contributed by atoms with E-state index in [1.807, 2.05) is 11.8 Å². The van der Waals surface area contributed by atoms with Crippen LogP contribution in [-0.2, 0) is 4.74 Å². The molecule has 1 fully saturated rings. The minimum Gasteiger partial charge on any atom is -0.373 e. The summed E-state index contributed by atoms with van der Waals surface area (Å²) in [6, 6.07) is 10.5. The van der Waals surface area contributed by atoms with Gasteiger partial charge >= 0.3 is 0 Å². The van der Waals surface area contributed by atoms with Gasteiger partial charge in [0.1, 0.15) is 0 Å². The van der Waals surface area contributed by atoms with Gasteiger partial charge in [0.2, 0.25) is 0 Å². The number of benzene rings is 1. The molecule has 2 N–H and O–H groups in total. The van der Waals surface area contributed by atoms with Crippen LogP contribution >= 0.6 is 11.8 Å². The Bertz CT molecular complexity index is 467. The number of hydrogen-bond acceptors (Lipinski definition) is 3. The van der Waals surface area contributed by atoms with Crippen LogP contribution in [0.1, 0.15) is 31.4 Å². The van der Waals surface area contributed by atoms with Gasteiger partial charge in [-0.3, -0.25) is 4.99 Å². The van der Waals surface area contributed by atoms with Gasteiger partial charge in [-0.15, -0.1) is 0 Å². The van der Waals surface area contributed by atoms with E-state index in [1.54, 1.807) is 0 Å². The van der Waals surface area contributed by atoms with Gasteiger partial charge in [-0.1, -0.05) is 30.3 Å². The Kier molecular flexibility index (Phi) is 8.32. The molecule has 128 valence electrons. The fraction of sp³-hybridized carbons (Fsp3) is 0.611. The Hall–Kier alpha value is -1.20. The third-order valence-electron chi connectivity index (χ3n) is 4.00. The van der Waals surface area contributed by atoms with E-state index in [1.165, 1.54) is 12.0 Å². The zero-order valence-corrected chi connectivity index (χ0v) is 15.1. The zero-order valence-electron chi connectivity index (χ0n) is 14.3. The van der Waals surface area contributed by atoms with Crippen molar-refractivity contribution in [3.05, 3.63) is 35.9 Å². The van der Waals surface area contributed by atoms with Crippen molar-refractivity contribution in [2.24, 2.45) is 10.9 Å². The lowest BCUT2D eigenvalue weighted by Crippen LogP contribution is -2.39. The van der Waals surface area contributed by atoms with Crippen LogP contribution in [-0.4, -0.2) is 44.2 Å². The molecule has 0 aliphatic carbocycles. The van der Waals surface area contributed by atoms with Gasteiger partial charge in [0.15, 0.2) is 5.96 Å². The zero-order chi connectivity index (χ0) is 16.3. The first-order valence-electron chi connectivity index (χ1n) is 8.52. The third kappa shape index (κ3) is 6.07. The van der Waals surface area contributed by atoms with Crippen molar-refractivity contribution in [3.63, 3.8) is 0 Å². The number of nitrogens with one attached hydrogen (secondary N) is 2. The summed E-state index contributed by atoms with van der Waals surface area (Å²) in [5.41, 5.74) is 1.27. The number of guanidine groups is 1. The van der Waals surface area contributed by atoms with Crippen LogP contribution in [0.4, 0.5) is 0 Å². The highest BCUT2D eigenvalue weighted by Crippen LogP contribution is 2.33. The van der Waals surface area contributed by atoms with Crippen LogP contribution in [0, 0.1) is 5.92 Å². The molecule has 23 heavy (non-hydrogen) atoms. The molecule has 0 radical (unpaired) electrons. The minimum atomic E-state index is 0.169. The summed E-state index contributed by atoms with van der Waals surface area (Å²) in [5.74, 6) is 2.45. The van der Waals surface area contributed by atoms with Crippen molar-refractivity contribution in [2.45, 2.75) is 25.9 Å². The smallest absolute Gasteiger partial charge is 0.191 e. The molecule has 1 heterocycles. The first-order chi connectivity index (χ1) is 11.3. The Balaban J connectivity index is 1.97. The van der Waals surface area contributed by atoms with E-state index in [0.29, 0.717) is 5.92 Å². The predicted molar refractivity (Wildman–Crippen MR) is 100 cm³/mol. The van der Waals surface area contributed by atoms with Crippen LogP contribution in [0.3, 0.4) is 0 Å². The highest BCUT2D eigenvalue weighted by Gasteiger charge is 2.27. The number of ether oxygens (including phenoxy) is 1. The summed E-state index contributed by atoms with van der Waals surface area (Å²) < 4.78 is 6.05. The molecule has 0 bridgehead atoms. The van der Waals surface area contributed by atoms with Crippen LogP contribution in [0.2, 0.25) is 0 Å². The van der Waals surface area contributed by atoms with Crippen molar-refractivity contribution in [1.82, 2.24) is 10.6 Å². The molecule has 1 aliphatic heterocycles. The van der Waals surface area contributed by atoms with E-state index in [-0.39, 0.29) is 6.10 Å². The van der Waals surface area contributed by atoms with Crippen LogP contribution in [0.25, 0.3) is 0 Å². The molecule has 1 saturated heterocycles. The van der Waals surface area contributed by atoms with Gasteiger partial charge in [0.05, 0.1) is 6.10 Å². The van der Waals surface area contributed by atoms with E-state index in [0.717, 1.165) is 44.4 Å². The van der Waals surface area contributed by atoms with Crippen molar-refractivity contribution >= 4 is 17.7 Å². The summed E-state index contributed by atoms with van der Waals surface area (Å²) in [5, 5.41) is 6.72. The normalized spacial score (nSPS) is 21.9. The van der Waals surface area contributed by atoms with E-state index in [2.05, 4.69) is 54.1 Å². The molecule has 0 saturated carbocycles. The number of aliphatic imine (C=N–C) groups is 1. The molecule has 5 heteroatoms. The van der Waals surface area contributed by atoms with Gasteiger partial charge in [0, 0.05) is 37.9 Å². The lowest BCUT2D eigenvalue weighted by Gasteiger charge is -2.31. The molecule has 2 rings (SSSR count). The fourth-order valence-corrected chi connectivity index (χ4v) is 3.17. The maximum absolute atomic E-state index is 6.05. The van der Waals surface area contributed by atoms with E-state index >= 15 is 0 Å². The first kappa shape index (κ1) is 18.1. The molecular formula is C18H29N3OS. The number of rotatable bonds is 7. The predicted octanol–water partition coefficient (Wildman–Crippen LogP) is 3.07. The number of thioether (sulfide) groups is 1. The average Bonchev–Trinajstić information content (AvgIpc) is 2.61. The maximum atomic E-state index is 6.05. The molecule has 4 nitrogen and oxygen atoms in total. The fourth-order valence-electron chi connectivity index (χ4n) is 2.86. The molecule has 1 aliphatic rings. The van der Waals surface area contributed by atoms with Crippen LogP contribution in [0.5, 0.6) is 0 Å². The second-order valence-electron chi connectivity index (χ2n) is 5.74. The molecule has 0 spiro atoms. The molecule has 1 aromatic rings. The standard InChI is InChI=1S/C18H29N3OS/c1-3-19-18(20-11-13-23-2)21-14-16-10-7-12-22-17(16)15-8-5-4-6-9-15/h4-6,8-9,16-17H,3,7,10-14H2,1-2H3,(H2,19,20,21). The summed E-state index contributed by atoms with van der Waals surface area (Å²) >= 11 is 1.84. The Morgan fingerprint density at radius 1 is 1.30 bits per heavy atom. The monoisotopic (exact) mass is 335 g/mol. The second kappa shape index (κ2) is 10.6. The molecule has 0 aromatic heterocycles. The van der Waals surface area contributed by atoms with Gasteiger partial charge < -0.3 is 15.4 Å². The largest absolute Gasteiger partial charge is 0.373 e. The summed E-state index contributed by atoms with van der Waals surface area (Å²) in [4.78, 5) is 4.79. The summed E-state index contributed by atoms with van der Waals surface area (Å²) in [7, 11) is 0. The van der Waals surface area contributed by atoms with Gasteiger partial charge in [0.25, 0.3) is 0 Å². The number of nitrogens with zero attached hydrogens (tertiary/aromatic N) is 1. The average molecular weight is 336 g/mol. The van der Waals surface area contributed by atoms with Gasteiger partial charge in [-0.2, -0.15) is 11.8 Å². The molecule has 2 atom stereocenters. The SMILES string of the molecule is CCNC(=NCC1CCCOC1c1ccccc1)NCCSC. The summed E-state index contributed by atoms with van der Waals surface area (Å²) in [6.45, 7) is 5.58. The Labute approximate surface area is 144 Å². The van der Waals surface area contributed by atoms with Crippen molar-refractivity contribution in [2.75, 3.05) is 38.2 Å².